The molecule has 9 heteroatoms. The van der Waals surface area contributed by atoms with E-state index in [9.17, 15) is 12.8 Å². The first-order chi connectivity index (χ1) is 15.9. The third-order valence-electron chi connectivity index (χ3n) is 6.14. The zero-order valence-electron chi connectivity index (χ0n) is 17.9. The first-order valence-corrected chi connectivity index (χ1v) is 12.4. The van der Waals surface area contributed by atoms with Gasteiger partial charge in [0.2, 0.25) is 0 Å². The smallest absolute Gasteiger partial charge is 0.264 e. The number of benzene rings is 2. The molecule has 2 aromatic heterocycles. The molecule has 7 nitrogen and oxygen atoms in total. The van der Waals surface area contributed by atoms with Crippen molar-refractivity contribution in [2.45, 2.75) is 43.0 Å². The number of nitrogens with zero attached hydrogens (tertiary/aromatic N) is 3. The maximum atomic E-state index is 14.0. The van der Waals surface area contributed by atoms with Gasteiger partial charge in [-0.1, -0.05) is 37.1 Å². The van der Waals surface area contributed by atoms with Gasteiger partial charge >= 0.3 is 0 Å². The summed E-state index contributed by atoms with van der Waals surface area (Å²) < 4.78 is 44.1. The lowest BCUT2D eigenvalue weighted by Gasteiger charge is -2.12. The molecule has 0 amide bonds. The van der Waals surface area contributed by atoms with Crippen LogP contribution in [0, 0.1) is 5.82 Å². The van der Waals surface area contributed by atoms with E-state index in [2.05, 4.69) is 25.5 Å². The van der Waals surface area contributed by atoms with Gasteiger partial charge in [-0.25, -0.2) is 22.8 Å². The van der Waals surface area contributed by atoms with Crippen molar-refractivity contribution < 1.29 is 12.8 Å². The van der Waals surface area contributed by atoms with Crippen LogP contribution in [0.4, 0.5) is 15.9 Å². The van der Waals surface area contributed by atoms with Gasteiger partial charge in [0, 0.05) is 17.9 Å². The summed E-state index contributed by atoms with van der Waals surface area (Å²) in [5, 5.41) is 0.835. The number of hydrogen-bond donors (Lipinski definition) is 2. The molecule has 33 heavy (non-hydrogen) atoms. The Morgan fingerprint density at radius 2 is 1.88 bits per heavy atom. The van der Waals surface area contributed by atoms with Crippen molar-refractivity contribution in [1.82, 2.24) is 14.5 Å². The Bertz CT molecular complexity index is 1430. The molecule has 4 aromatic rings. The molecule has 0 bridgehead atoms. The Balaban J connectivity index is 1.47. The van der Waals surface area contributed by atoms with Gasteiger partial charge in [-0.05, 0) is 54.7 Å². The van der Waals surface area contributed by atoms with Gasteiger partial charge in [0.15, 0.2) is 0 Å². The lowest BCUT2D eigenvalue weighted by Crippen LogP contribution is -2.14. The molecular weight excluding hydrogens is 441 g/mol. The first kappa shape index (κ1) is 21.4. The van der Waals surface area contributed by atoms with Crippen LogP contribution in [-0.4, -0.2) is 23.0 Å². The lowest BCUT2D eigenvalue weighted by atomic mass is 10.0. The largest absolute Gasteiger partial charge is 0.383 e. The summed E-state index contributed by atoms with van der Waals surface area (Å²) in [5.74, 6) is -0.362. The average molecular weight is 466 g/mol. The lowest BCUT2D eigenvalue weighted by molar-refractivity contribution is 0.531. The minimum atomic E-state index is -4.05. The highest BCUT2D eigenvalue weighted by atomic mass is 32.2. The van der Waals surface area contributed by atoms with Gasteiger partial charge in [0.05, 0.1) is 5.39 Å². The van der Waals surface area contributed by atoms with Gasteiger partial charge in [-0.3, -0.25) is 4.72 Å². The second-order valence-electron chi connectivity index (χ2n) is 8.37. The van der Waals surface area contributed by atoms with Crippen molar-refractivity contribution in [3.8, 4) is 0 Å². The Labute approximate surface area is 191 Å². The van der Waals surface area contributed by atoms with Crippen LogP contribution in [0.3, 0.4) is 0 Å². The Morgan fingerprint density at radius 1 is 1.09 bits per heavy atom. The number of hydrogen-bond acceptors (Lipinski definition) is 5. The normalized spacial score (nSPS) is 14.7. The van der Waals surface area contributed by atoms with Crippen LogP contribution in [0.25, 0.3) is 11.0 Å². The van der Waals surface area contributed by atoms with Crippen molar-refractivity contribution in [3.05, 3.63) is 78.0 Å². The van der Waals surface area contributed by atoms with E-state index in [1.54, 1.807) is 18.2 Å². The third kappa shape index (κ3) is 4.16. The molecule has 170 valence electrons. The van der Waals surface area contributed by atoms with E-state index in [1.165, 1.54) is 37.4 Å². The number of nitrogens with two attached hydrogens (primary N) is 1. The number of rotatable bonds is 6. The minimum Gasteiger partial charge on any atom is -0.383 e. The number of nitrogen functional groups attached to an aromatic ring is 1. The van der Waals surface area contributed by atoms with Crippen molar-refractivity contribution in [2.24, 2.45) is 0 Å². The van der Waals surface area contributed by atoms with Crippen LogP contribution in [0.15, 0.2) is 66.0 Å². The van der Waals surface area contributed by atoms with Crippen LogP contribution in [0.1, 0.15) is 42.9 Å². The topological polar surface area (TPSA) is 103 Å². The zero-order valence-corrected chi connectivity index (χ0v) is 18.7. The predicted octanol–water partition coefficient (Wildman–Crippen LogP) is 4.66. The van der Waals surface area contributed by atoms with E-state index in [1.807, 2.05) is 6.07 Å². The van der Waals surface area contributed by atoms with Crippen LogP contribution in [-0.2, 0) is 16.4 Å². The molecule has 3 N–H and O–H groups in total. The molecular formula is C24H24FN5O2S. The molecule has 0 spiro atoms. The number of halogens is 1. The summed E-state index contributed by atoms with van der Waals surface area (Å²) in [7, 11) is -4.05. The van der Waals surface area contributed by atoms with E-state index in [0.717, 1.165) is 41.1 Å². The average Bonchev–Trinajstić information content (AvgIpc) is 3.43. The third-order valence-corrected chi connectivity index (χ3v) is 7.55. The molecule has 2 aromatic carbocycles. The first-order valence-electron chi connectivity index (χ1n) is 10.9. The van der Waals surface area contributed by atoms with Crippen molar-refractivity contribution in [3.63, 3.8) is 0 Å². The van der Waals surface area contributed by atoms with Crippen LogP contribution >= 0.6 is 0 Å². The highest BCUT2D eigenvalue weighted by Gasteiger charge is 2.23. The molecule has 0 radical (unpaired) electrons. The fraction of sp³-hybridized carbons (Fsp3) is 0.250. The molecule has 0 saturated heterocycles. The van der Waals surface area contributed by atoms with E-state index >= 15 is 0 Å². The second-order valence-corrected chi connectivity index (χ2v) is 10.0. The molecule has 1 aliphatic rings. The van der Waals surface area contributed by atoms with E-state index < -0.39 is 15.8 Å². The van der Waals surface area contributed by atoms with E-state index in [-0.39, 0.29) is 4.90 Å². The molecule has 0 aliphatic heterocycles. The number of anilines is 2. The standard InChI is InChI=1S/C24H24FN5O2S/c25-20-10-3-4-11-21(20)33(31,32)29-18-7-5-6-16(13-18)12-17-14-30(19-8-1-2-9-19)24-22(17)23(26)27-15-28-24/h3-7,10-11,13-15,19,29H,1-2,8-9,12H2,(H2,26,27,28). The summed E-state index contributed by atoms with van der Waals surface area (Å²) in [4.78, 5) is 8.30. The SMILES string of the molecule is Nc1ncnc2c1c(Cc1cccc(NS(=O)(=O)c3ccccc3F)c1)cn2C1CCCC1. The summed E-state index contributed by atoms with van der Waals surface area (Å²) in [6.07, 6.45) is 8.74. The molecule has 0 atom stereocenters. The second kappa shape index (κ2) is 8.47. The number of aromatic nitrogens is 3. The highest BCUT2D eigenvalue weighted by molar-refractivity contribution is 7.92. The maximum absolute atomic E-state index is 14.0. The van der Waals surface area contributed by atoms with Gasteiger partial charge in [0.1, 0.15) is 28.5 Å². The summed E-state index contributed by atoms with van der Waals surface area (Å²) >= 11 is 0. The monoisotopic (exact) mass is 465 g/mol. The predicted molar refractivity (Wildman–Crippen MR) is 126 cm³/mol. The summed E-state index contributed by atoms with van der Waals surface area (Å²) in [5.41, 5.74) is 9.29. The zero-order chi connectivity index (χ0) is 23.0. The number of sulfonamides is 1. The van der Waals surface area contributed by atoms with Crippen LogP contribution in [0.5, 0.6) is 0 Å². The van der Waals surface area contributed by atoms with Gasteiger partial charge < -0.3 is 10.3 Å². The molecule has 0 unspecified atom stereocenters. The molecule has 1 saturated carbocycles. The van der Waals surface area contributed by atoms with Crippen molar-refractivity contribution in [2.75, 3.05) is 10.5 Å². The van der Waals surface area contributed by atoms with E-state index in [4.69, 9.17) is 5.73 Å². The van der Waals surface area contributed by atoms with Gasteiger partial charge in [-0.2, -0.15) is 0 Å². The highest BCUT2D eigenvalue weighted by Crippen LogP contribution is 2.35. The van der Waals surface area contributed by atoms with E-state index in [0.29, 0.717) is 24.0 Å². The fourth-order valence-electron chi connectivity index (χ4n) is 4.62. The number of nitrogens with one attached hydrogen (secondary N) is 1. The van der Waals surface area contributed by atoms with Gasteiger partial charge in [-0.15, -0.1) is 0 Å². The maximum Gasteiger partial charge on any atom is 0.264 e. The minimum absolute atomic E-state index is 0.361. The Hall–Kier alpha value is -3.46. The van der Waals surface area contributed by atoms with Crippen LogP contribution in [0.2, 0.25) is 0 Å². The van der Waals surface area contributed by atoms with Crippen molar-refractivity contribution in [1.29, 1.82) is 0 Å². The summed E-state index contributed by atoms with van der Waals surface area (Å²) in [6, 6.07) is 12.8. The Kier molecular flexibility index (Phi) is 5.49. The molecule has 1 fully saturated rings. The quantitative estimate of drug-likeness (QED) is 0.431. The van der Waals surface area contributed by atoms with Crippen LogP contribution < -0.4 is 10.5 Å². The molecule has 1 aliphatic carbocycles. The molecule has 2 heterocycles. The molecule has 5 rings (SSSR count). The number of fused-ring (bicyclic) bond motifs is 1. The van der Waals surface area contributed by atoms with Crippen molar-refractivity contribution >= 4 is 32.6 Å². The summed E-state index contributed by atoms with van der Waals surface area (Å²) in [6.45, 7) is 0. The fourth-order valence-corrected chi connectivity index (χ4v) is 5.75. The Morgan fingerprint density at radius 3 is 2.67 bits per heavy atom. The van der Waals surface area contributed by atoms with Gasteiger partial charge in [0.25, 0.3) is 10.0 Å².